The van der Waals surface area contributed by atoms with Gasteiger partial charge in [0.15, 0.2) is 5.13 Å². The third-order valence-corrected chi connectivity index (χ3v) is 7.99. The van der Waals surface area contributed by atoms with Crippen LogP contribution in [0, 0.1) is 5.92 Å². The number of carbonyl (C=O) groups is 3. The lowest BCUT2D eigenvalue weighted by Crippen LogP contribution is -2.58. The Kier molecular flexibility index (Phi) is 8.32. The summed E-state index contributed by atoms with van der Waals surface area (Å²) in [5, 5.41) is 8.21. The lowest BCUT2D eigenvalue weighted by molar-refractivity contribution is -0.140. The molecule has 1 aromatic carbocycles. The molecule has 3 heterocycles. The highest BCUT2D eigenvalue weighted by Crippen LogP contribution is 2.29. The highest BCUT2D eigenvalue weighted by molar-refractivity contribution is 7.14. The van der Waals surface area contributed by atoms with Crippen molar-refractivity contribution in [3.05, 3.63) is 35.7 Å². The zero-order valence-electron chi connectivity index (χ0n) is 20.8. The number of aromatic nitrogens is 1. The second-order valence-electron chi connectivity index (χ2n) is 9.64. The summed E-state index contributed by atoms with van der Waals surface area (Å²) in [5.74, 6) is -0.583. The minimum atomic E-state index is -0.789. The van der Waals surface area contributed by atoms with Crippen LogP contribution in [0.25, 0.3) is 11.3 Å². The third-order valence-electron chi connectivity index (χ3n) is 7.24. The van der Waals surface area contributed by atoms with E-state index in [2.05, 4.69) is 15.6 Å². The van der Waals surface area contributed by atoms with E-state index in [9.17, 15) is 14.4 Å². The molecule has 2 saturated heterocycles. The lowest BCUT2D eigenvalue weighted by atomic mass is 9.83. The van der Waals surface area contributed by atoms with E-state index in [0.717, 1.165) is 43.4 Å². The molecule has 0 radical (unpaired) electrons. The molecule has 0 bridgehead atoms. The molecule has 11 heteroatoms. The number of amides is 4. The predicted molar refractivity (Wildman–Crippen MR) is 139 cm³/mol. The molecule has 3 fully saturated rings. The van der Waals surface area contributed by atoms with Gasteiger partial charge in [0.25, 0.3) is 5.91 Å². The average molecular weight is 528 g/mol. The Labute approximate surface area is 220 Å². The number of anilines is 1. The second-order valence-corrected chi connectivity index (χ2v) is 10.5. The number of hydrogen-bond acceptors (Lipinski definition) is 7. The number of urea groups is 1. The van der Waals surface area contributed by atoms with Gasteiger partial charge in [-0.1, -0.05) is 49.6 Å². The van der Waals surface area contributed by atoms with Crippen molar-refractivity contribution in [1.82, 2.24) is 20.1 Å². The first kappa shape index (κ1) is 25.6. The maximum Gasteiger partial charge on any atom is 0.318 e. The van der Waals surface area contributed by atoms with Gasteiger partial charge in [0.05, 0.1) is 25.5 Å². The van der Waals surface area contributed by atoms with Crippen molar-refractivity contribution in [2.45, 2.75) is 44.2 Å². The predicted octanol–water partition coefficient (Wildman–Crippen LogP) is 2.92. The van der Waals surface area contributed by atoms with E-state index in [1.54, 1.807) is 4.90 Å². The van der Waals surface area contributed by atoms with Crippen molar-refractivity contribution in [3.63, 3.8) is 0 Å². The smallest absolute Gasteiger partial charge is 0.318 e. The van der Waals surface area contributed by atoms with Crippen LogP contribution in [0.5, 0.6) is 0 Å². The Morgan fingerprint density at radius 1 is 1.03 bits per heavy atom. The van der Waals surface area contributed by atoms with Gasteiger partial charge >= 0.3 is 6.03 Å². The van der Waals surface area contributed by atoms with Crippen LogP contribution in [0.4, 0.5) is 9.93 Å². The second kappa shape index (κ2) is 12.0. The van der Waals surface area contributed by atoms with Crippen LogP contribution in [0.3, 0.4) is 0 Å². The first-order chi connectivity index (χ1) is 18.1. The van der Waals surface area contributed by atoms with Crippen LogP contribution in [-0.4, -0.2) is 84.4 Å². The number of carbonyl (C=O) groups excluding carboxylic acids is 3. The van der Waals surface area contributed by atoms with Crippen molar-refractivity contribution in [2.24, 2.45) is 5.92 Å². The van der Waals surface area contributed by atoms with Gasteiger partial charge < -0.3 is 29.9 Å². The SMILES string of the molecule is O=C(Nc1nc(-c2ccccc2)cs1)[C@@H]1COCN1C(=O)[C@H](NC(=O)N1CCOCC1)C1CCCCC1. The molecule has 1 aliphatic carbocycles. The molecule has 3 aliphatic rings. The van der Waals surface area contributed by atoms with Gasteiger partial charge in [-0.25, -0.2) is 9.78 Å². The molecule has 10 nitrogen and oxygen atoms in total. The van der Waals surface area contributed by atoms with Gasteiger partial charge in [-0.05, 0) is 18.8 Å². The Hall–Kier alpha value is -3.02. The molecule has 2 atom stereocenters. The summed E-state index contributed by atoms with van der Waals surface area (Å²) in [7, 11) is 0. The summed E-state index contributed by atoms with van der Waals surface area (Å²) in [5.41, 5.74) is 1.74. The molecule has 2 N–H and O–H groups in total. The zero-order valence-corrected chi connectivity index (χ0v) is 21.6. The quantitative estimate of drug-likeness (QED) is 0.597. The molecule has 2 aliphatic heterocycles. The molecule has 1 aromatic heterocycles. The van der Waals surface area contributed by atoms with Crippen LogP contribution in [0.2, 0.25) is 0 Å². The maximum absolute atomic E-state index is 13.8. The minimum absolute atomic E-state index is 0.0146. The molecule has 4 amide bonds. The van der Waals surface area contributed by atoms with Gasteiger partial charge in [0.1, 0.15) is 18.8 Å². The number of rotatable bonds is 6. The van der Waals surface area contributed by atoms with E-state index in [4.69, 9.17) is 9.47 Å². The fourth-order valence-electron chi connectivity index (χ4n) is 5.16. The van der Waals surface area contributed by atoms with E-state index < -0.39 is 12.1 Å². The summed E-state index contributed by atoms with van der Waals surface area (Å²) in [4.78, 5) is 47.7. The Balaban J connectivity index is 1.27. The van der Waals surface area contributed by atoms with Crippen LogP contribution in [-0.2, 0) is 19.1 Å². The molecule has 5 rings (SSSR count). The standard InChI is InChI=1S/C26H33N5O5S/c32-23(29-25-27-20(16-37-25)18-7-3-1-4-8-18)21-15-36-17-31(21)24(33)22(19-9-5-2-6-10-19)28-26(34)30-11-13-35-14-12-30/h1,3-4,7-8,16,19,21-22H,2,5-6,9-15,17H2,(H,28,34)(H,27,29,32)/t21-,22+/m0/s1. The summed E-state index contributed by atoms with van der Waals surface area (Å²) in [6, 6.07) is 7.99. The molecular formula is C26H33N5O5S. The molecule has 37 heavy (non-hydrogen) atoms. The maximum atomic E-state index is 13.8. The summed E-state index contributed by atoms with van der Waals surface area (Å²) < 4.78 is 10.9. The van der Waals surface area contributed by atoms with Crippen molar-refractivity contribution in [1.29, 1.82) is 0 Å². The number of hydrogen-bond donors (Lipinski definition) is 2. The Morgan fingerprint density at radius 2 is 1.78 bits per heavy atom. The molecule has 0 unspecified atom stereocenters. The van der Waals surface area contributed by atoms with Crippen LogP contribution < -0.4 is 10.6 Å². The normalized spacial score (nSPS) is 21.5. The number of ether oxygens (including phenoxy) is 2. The molecular weight excluding hydrogens is 494 g/mol. The van der Waals surface area contributed by atoms with Gasteiger partial charge in [0, 0.05) is 24.0 Å². The highest BCUT2D eigenvalue weighted by atomic mass is 32.1. The molecule has 198 valence electrons. The zero-order chi connectivity index (χ0) is 25.6. The average Bonchev–Trinajstić information content (AvgIpc) is 3.63. The van der Waals surface area contributed by atoms with Gasteiger partial charge in [-0.15, -0.1) is 11.3 Å². The number of benzene rings is 1. The van der Waals surface area contributed by atoms with Crippen LogP contribution in [0.15, 0.2) is 35.7 Å². The third kappa shape index (κ3) is 6.11. The topological polar surface area (TPSA) is 113 Å². The van der Waals surface area contributed by atoms with Crippen molar-refractivity contribution in [2.75, 3.05) is 45.0 Å². The molecule has 2 aromatic rings. The first-order valence-electron chi connectivity index (χ1n) is 12.9. The fraction of sp³-hybridized carbons (Fsp3) is 0.538. The van der Waals surface area contributed by atoms with E-state index in [1.807, 2.05) is 35.7 Å². The lowest BCUT2D eigenvalue weighted by Gasteiger charge is -2.35. The van der Waals surface area contributed by atoms with Crippen molar-refractivity contribution >= 4 is 34.3 Å². The summed E-state index contributed by atoms with van der Waals surface area (Å²) in [6.45, 7) is 2.08. The Morgan fingerprint density at radius 3 is 2.54 bits per heavy atom. The largest absolute Gasteiger partial charge is 0.378 e. The van der Waals surface area contributed by atoms with E-state index in [0.29, 0.717) is 31.4 Å². The number of morpholine rings is 1. The highest BCUT2D eigenvalue weighted by Gasteiger charge is 2.42. The first-order valence-corrected chi connectivity index (χ1v) is 13.8. The summed E-state index contributed by atoms with van der Waals surface area (Å²) >= 11 is 1.33. The van der Waals surface area contributed by atoms with Gasteiger partial charge in [0.2, 0.25) is 5.91 Å². The van der Waals surface area contributed by atoms with E-state index >= 15 is 0 Å². The van der Waals surface area contributed by atoms with Crippen molar-refractivity contribution < 1.29 is 23.9 Å². The molecule has 1 saturated carbocycles. The molecule has 0 spiro atoms. The van der Waals surface area contributed by atoms with Crippen LogP contribution >= 0.6 is 11.3 Å². The summed E-state index contributed by atoms with van der Waals surface area (Å²) in [6.07, 6.45) is 4.91. The van der Waals surface area contributed by atoms with Gasteiger partial charge in [-0.2, -0.15) is 0 Å². The fourth-order valence-corrected chi connectivity index (χ4v) is 5.88. The van der Waals surface area contributed by atoms with E-state index in [1.165, 1.54) is 16.2 Å². The minimum Gasteiger partial charge on any atom is -0.378 e. The van der Waals surface area contributed by atoms with Gasteiger partial charge in [-0.3, -0.25) is 9.59 Å². The van der Waals surface area contributed by atoms with E-state index in [-0.39, 0.29) is 37.1 Å². The number of thiazole rings is 1. The number of nitrogens with zero attached hydrogens (tertiary/aromatic N) is 3. The number of nitrogens with one attached hydrogen (secondary N) is 2. The van der Waals surface area contributed by atoms with Crippen molar-refractivity contribution in [3.8, 4) is 11.3 Å². The van der Waals surface area contributed by atoms with Crippen LogP contribution in [0.1, 0.15) is 32.1 Å². The monoisotopic (exact) mass is 527 g/mol. The Bertz CT molecular complexity index is 1080.